The van der Waals surface area contributed by atoms with Crippen molar-refractivity contribution >= 4 is 44.9 Å². The first kappa shape index (κ1) is 16.3. The molecule has 4 nitrogen and oxygen atoms in total. The average molecular weight is 377 g/mol. The van der Waals surface area contributed by atoms with Crippen molar-refractivity contribution in [2.24, 2.45) is 0 Å². The maximum absolute atomic E-state index is 12.1. The summed E-state index contributed by atoms with van der Waals surface area (Å²) < 4.78 is 6.28. The van der Waals surface area contributed by atoms with Gasteiger partial charge in [-0.25, -0.2) is 0 Å². The van der Waals surface area contributed by atoms with Crippen molar-refractivity contribution in [1.82, 2.24) is 0 Å². The van der Waals surface area contributed by atoms with E-state index in [-0.39, 0.29) is 5.57 Å². The summed E-state index contributed by atoms with van der Waals surface area (Å²) in [5.41, 5.74) is 0.671. The highest BCUT2D eigenvalue weighted by Crippen LogP contribution is 2.24. The van der Waals surface area contributed by atoms with Crippen molar-refractivity contribution in [3.05, 3.63) is 50.6 Å². The highest BCUT2D eigenvalue weighted by molar-refractivity contribution is 9.11. The Morgan fingerprint density at radius 1 is 1.36 bits per heavy atom. The number of nitriles is 1. The molecule has 2 aromatic rings. The molecule has 1 aromatic carbocycles. The van der Waals surface area contributed by atoms with Crippen molar-refractivity contribution in [3.8, 4) is 11.8 Å². The van der Waals surface area contributed by atoms with Crippen LogP contribution in [0.2, 0.25) is 0 Å². The summed E-state index contributed by atoms with van der Waals surface area (Å²) in [5.74, 6) is 0.302. The van der Waals surface area contributed by atoms with E-state index in [1.165, 1.54) is 11.3 Å². The average Bonchev–Trinajstić information content (AvgIpc) is 2.92. The fourth-order valence-electron chi connectivity index (χ4n) is 1.70. The lowest BCUT2D eigenvalue weighted by Gasteiger charge is -2.06. The smallest absolute Gasteiger partial charge is 0.266 e. The van der Waals surface area contributed by atoms with Gasteiger partial charge in [0, 0.05) is 10.6 Å². The molecular formula is C16H13BrN2O2S. The van der Waals surface area contributed by atoms with Crippen LogP contribution in [-0.2, 0) is 4.79 Å². The van der Waals surface area contributed by atoms with Gasteiger partial charge in [0.15, 0.2) is 0 Å². The molecule has 1 N–H and O–H groups in total. The van der Waals surface area contributed by atoms with Gasteiger partial charge in [0.25, 0.3) is 5.91 Å². The minimum atomic E-state index is -0.434. The molecule has 1 amide bonds. The summed E-state index contributed by atoms with van der Waals surface area (Å²) in [6.45, 7) is 2.49. The van der Waals surface area contributed by atoms with Crippen molar-refractivity contribution in [2.75, 3.05) is 11.9 Å². The van der Waals surface area contributed by atoms with Gasteiger partial charge in [-0.2, -0.15) is 5.26 Å². The van der Waals surface area contributed by atoms with Crippen LogP contribution in [0, 0.1) is 11.3 Å². The molecule has 112 valence electrons. The summed E-state index contributed by atoms with van der Waals surface area (Å²) in [4.78, 5) is 13.0. The number of ether oxygens (including phenoxy) is 1. The maximum atomic E-state index is 12.1. The van der Waals surface area contributed by atoms with E-state index in [0.717, 1.165) is 14.4 Å². The van der Waals surface area contributed by atoms with Crippen LogP contribution in [0.25, 0.3) is 6.08 Å². The Morgan fingerprint density at radius 3 is 2.64 bits per heavy atom. The second-order valence-corrected chi connectivity index (χ2v) is 6.72. The number of rotatable bonds is 5. The summed E-state index contributed by atoms with van der Waals surface area (Å²) in [7, 11) is 0. The number of nitrogens with zero attached hydrogens (tertiary/aromatic N) is 1. The van der Waals surface area contributed by atoms with Crippen LogP contribution in [0.4, 0.5) is 5.69 Å². The molecule has 0 aliphatic rings. The third kappa shape index (κ3) is 4.45. The second kappa shape index (κ2) is 7.78. The van der Waals surface area contributed by atoms with E-state index in [0.29, 0.717) is 12.3 Å². The Labute approximate surface area is 141 Å². The molecule has 0 bridgehead atoms. The molecule has 0 saturated heterocycles. The fraction of sp³-hybridized carbons (Fsp3) is 0.125. The van der Waals surface area contributed by atoms with Crippen LogP contribution in [0.5, 0.6) is 5.75 Å². The lowest BCUT2D eigenvalue weighted by molar-refractivity contribution is -0.112. The lowest BCUT2D eigenvalue weighted by atomic mass is 10.2. The molecule has 6 heteroatoms. The van der Waals surface area contributed by atoms with Gasteiger partial charge in [-0.05, 0) is 65.3 Å². The number of carbonyl (C=O) groups is 1. The normalized spacial score (nSPS) is 10.9. The Bertz CT molecular complexity index is 729. The first-order valence-corrected chi connectivity index (χ1v) is 8.14. The number of thiophene rings is 1. The highest BCUT2D eigenvalue weighted by Gasteiger charge is 2.10. The number of anilines is 1. The number of amides is 1. The van der Waals surface area contributed by atoms with Gasteiger partial charge < -0.3 is 10.1 Å². The first-order chi connectivity index (χ1) is 10.6. The molecule has 0 aliphatic heterocycles. The molecule has 1 heterocycles. The minimum absolute atomic E-state index is 0.0586. The van der Waals surface area contributed by atoms with E-state index in [9.17, 15) is 4.79 Å². The van der Waals surface area contributed by atoms with Crippen LogP contribution >= 0.6 is 27.3 Å². The monoisotopic (exact) mass is 376 g/mol. The van der Waals surface area contributed by atoms with Gasteiger partial charge in [-0.1, -0.05) is 0 Å². The lowest BCUT2D eigenvalue weighted by Crippen LogP contribution is -2.13. The number of hydrogen-bond donors (Lipinski definition) is 1. The molecule has 0 unspecified atom stereocenters. The van der Waals surface area contributed by atoms with E-state index < -0.39 is 5.91 Å². The molecule has 1 aromatic heterocycles. The van der Waals surface area contributed by atoms with E-state index in [1.807, 2.05) is 25.1 Å². The molecule has 0 atom stereocenters. The Balaban J connectivity index is 2.09. The number of halogens is 1. The van der Waals surface area contributed by atoms with Crippen molar-refractivity contribution in [1.29, 1.82) is 5.26 Å². The molecule has 0 saturated carbocycles. The van der Waals surface area contributed by atoms with Crippen molar-refractivity contribution < 1.29 is 9.53 Å². The Morgan fingerprint density at radius 2 is 2.09 bits per heavy atom. The molecule has 0 spiro atoms. The molecule has 0 fully saturated rings. The largest absolute Gasteiger partial charge is 0.494 e. The topological polar surface area (TPSA) is 62.1 Å². The summed E-state index contributed by atoms with van der Waals surface area (Å²) >= 11 is 4.80. The van der Waals surface area contributed by atoms with Crippen LogP contribution in [0.15, 0.2) is 45.8 Å². The van der Waals surface area contributed by atoms with Gasteiger partial charge >= 0.3 is 0 Å². The number of benzene rings is 1. The predicted octanol–water partition coefficient (Wildman–Crippen LogP) is 4.45. The zero-order valence-corrected chi connectivity index (χ0v) is 14.2. The SMILES string of the molecule is CCOc1ccc(NC(=O)/C(C#N)=C/c2ccc(Br)s2)cc1. The van der Waals surface area contributed by atoms with Crippen molar-refractivity contribution in [2.45, 2.75) is 6.92 Å². The predicted molar refractivity (Wildman–Crippen MR) is 91.8 cm³/mol. The summed E-state index contributed by atoms with van der Waals surface area (Å²) in [6, 6.07) is 12.7. The van der Waals surface area contributed by atoms with Crippen LogP contribution in [0.3, 0.4) is 0 Å². The Hall–Kier alpha value is -2.10. The number of nitrogens with one attached hydrogen (secondary N) is 1. The maximum Gasteiger partial charge on any atom is 0.266 e. The van der Waals surface area contributed by atoms with E-state index in [2.05, 4.69) is 21.2 Å². The Kier molecular flexibility index (Phi) is 5.75. The fourth-order valence-corrected chi connectivity index (χ4v) is 3.06. The second-order valence-electron chi connectivity index (χ2n) is 4.22. The van der Waals surface area contributed by atoms with E-state index in [4.69, 9.17) is 10.00 Å². The first-order valence-electron chi connectivity index (χ1n) is 6.53. The van der Waals surface area contributed by atoms with E-state index >= 15 is 0 Å². The van der Waals surface area contributed by atoms with E-state index in [1.54, 1.807) is 30.3 Å². The summed E-state index contributed by atoms with van der Waals surface area (Å²) in [6.07, 6.45) is 1.57. The third-order valence-corrected chi connectivity index (χ3v) is 4.24. The van der Waals surface area contributed by atoms with Gasteiger partial charge in [0.2, 0.25) is 0 Å². The quantitative estimate of drug-likeness (QED) is 0.618. The van der Waals surface area contributed by atoms with Gasteiger partial charge in [-0.3, -0.25) is 4.79 Å². The van der Waals surface area contributed by atoms with Gasteiger partial charge in [0.1, 0.15) is 17.4 Å². The molecule has 22 heavy (non-hydrogen) atoms. The minimum Gasteiger partial charge on any atom is -0.494 e. The van der Waals surface area contributed by atoms with Crippen molar-refractivity contribution in [3.63, 3.8) is 0 Å². The standard InChI is InChI=1S/C16H13BrN2O2S/c1-2-21-13-5-3-12(4-6-13)19-16(20)11(10-18)9-14-7-8-15(17)22-14/h3-9H,2H2,1H3,(H,19,20)/b11-9+. The van der Waals surface area contributed by atoms with Gasteiger partial charge in [-0.15, -0.1) is 11.3 Å². The molecule has 0 radical (unpaired) electrons. The number of hydrogen-bond acceptors (Lipinski definition) is 4. The molecule has 0 aliphatic carbocycles. The van der Waals surface area contributed by atoms with Crippen LogP contribution < -0.4 is 10.1 Å². The van der Waals surface area contributed by atoms with Crippen LogP contribution in [0.1, 0.15) is 11.8 Å². The number of carbonyl (C=O) groups excluding carboxylic acids is 1. The van der Waals surface area contributed by atoms with Crippen LogP contribution in [-0.4, -0.2) is 12.5 Å². The van der Waals surface area contributed by atoms with Gasteiger partial charge in [0.05, 0.1) is 10.4 Å². The summed E-state index contributed by atoms with van der Waals surface area (Å²) in [5, 5.41) is 11.8. The highest BCUT2D eigenvalue weighted by atomic mass is 79.9. The third-order valence-electron chi connectivity index (χ3n) is 2.67. The molecular weight excluding hydrogens is 364 g/mol. The zero-order chi connectivity index (χ0) is 15.9. The zero-order valence-electron chi connectivity index (χ0n) is 11.8. The molecule has 2 rings (SSSR count).